The lowest BCUT2D eigenvalue weighted by Gasteiger charge is -2.19. The number of aryl methyl sites for hydroxylation is 2. The third-order valence-corrected chi connectivity index (χ3v) is 4.45. The molecule has 5 heteroatoms. The molecular formula is C18H20N4O. The molecule has 0 saturated carbocycles. The highest BCUT2D eigenvalue weighted by Crippen LogP contribution is 2.19. The van der Waals surface area contributed by atoms with Gasteiger partial charge >= 0.3 is 0 Å². The van der Waals surface area contributed by atoms with Crippen molar-refractivity contribution in [2.24, 2.45) is 0 Å². The molecule has 4 rings (SSSR count). The lowest BCUT2D eigenvalue weighted by atomic mass is 10.0. The number of nitrogens with zero attached hydrogens (tertiary/aromatic N) is 3. The molecule has 0 radical (unpaired) electrons. The predicted molar refractivity (Wildman–Crippen MR) is 89.4 cm³/mol. The van der Waals surface area contributed by atoms with E-state index in [1.165, 1.54) is 15.6 Å². The zero-order chi connectivity index (χ0) is 15.8. The molecule has 23 heavy (non-hydrogen) atoms. The molecule has 2 aromatic heterocycles. The van der Waals surface area contributed by atoms with Gasteiger partial charge in [0, 0.05) is 30.9 Å². The Balaban J connectivity index is 1.62. The standard InChI is InChI=1S/C18H20N4O/c1-13-9-17-19-16(10-18(23)22(17)20-13)12-21-8-4-7-14-5-2-3-6-15(14)11-21/h2-3,5-6,9-10,20H,4,7-8,11-12H2,1H3. The van der Waals surface area contributed by atoms with Gasteiger partial charge in [-0.15, -0.1) is 0 Å². The first-order valence-electron chi connectivity index (χ1n) is 8.06. The van der Waals surface area contributed by atoms with E-state index in [1.807, 2.05) is 13.0 Å². The van der Waals surface area contributed by atoms with E-state index in [9.17, 15) is 4.79 Å². The second-order valence-corrected chi connectivity index (χ2v) is 6.30. The van der Waals surface area contributed by atoms with Gasteiger partial charge in [-0.2, -0.15) is 0 Å². The number of nitrogens with one attached hydrogen (secondary N) is 1. The molecule has 3 heterocycles. The summed E-state index contributed by atoms with van der Waals surface area (Å²) in [6.07, 6.45) is 2.26. The molecule has 1 aliphatic heterocycles. The summed E-state index contributed by atoms with van der Waals surface area (Å²) in [4.78, 5) is 19.2. The molecular weight excluding hydrogens is 288 g/mol. The Hall–Kier alpha value is -2.40. The molecule has 0 unspecified atom stereocenters. The van der Waals surface area contributed by atoms with E-state index >= 15 is 0 Å². The van der Waals surface area contributed by atoms with Crippen molar-refractivity contribution in [3.63, 3.8) is 0 Å². The van der Waals surface area contributed by atoms with E-state index in [0.29, 0.717) is 12.2 Å². The second kappa shape index (κ2) is 5.66. The molecule has 0 spiro atoms. The van der Waals surface area contributed by atoms with Gasteiger partial charge < -0.3 is 0 Å². The molecule has 0 saturated heterocycles. The van der Waals surface area contributed by atoms with Crippen LogP contribution in [-0.4, -0.2) is 26.0 Å². The number of hydrogen-bond donors (Lipinski definition) is 1. The third kappa shape index (κ3) is 2.80. The SMILES string of the molecule is Cc1cc2nc(CN3CCCc4ccccc4C3)cc(=O)n2[nH]1. The van der Waals surface area contributed by atoms with Crippen molar-refractivity contribution in [2.45, 2.75) is 32.9 Å². The Morgan fingerprint density at radius 3 is 2.91 bits per heavy atom. The number of fused-ring (bicyclic) bond motifs is 2. The summed E-state index contributed by atoms with van der Waals surface area (Å²) in [6.45, 7) is 4.59. The van der Waals surface area contributed by atoms with E-state index in [-0.39, 0.29) is 5.56 Å². The fourth-order valence-electron chi connectivity index (χ4n) is 3.37. The van der Waals surface area contributed by atoms with Crippen LogP contribution in [0.4, 0.5) is 0 Å². The van der Waals surface area contributed by atoms with Crippen molar-refractivity contribution >= 4 is 5.65 Å². The van der Waals surface area contributed by atoms with Crippen LogP contribution in [0.1, 0.15) is 28.9 Å². The summed E-state index contributed by atoms with van der Waals surface area (Å²) in [5.74, 6) is 0. The largest absolute Gasteiger partial charge is 0.294 e. The molecule has 3 aromatic rings. The van der Waals surface area contributed by atoms with Crippen LogP contribution in [0.25, 0.3) is 5.65 Å². The van der Waals surface area contributed by atoms with Gasteiger partial charge in [0.2, 0.25) is 0 Å². The van der Waals surface area contributed by atoms with Gasteiger partial charge in [0.25, 0.3) is 5.56 Å². The van der Waals surface area contributed by atoms with E-state index in [2.05, 4.69) is 39.2 Å². The van der Waals surface area contributed by atoms with E-state index < -0.39 is 0 Å². The lowest BCUT2D eigenvalue weighted by Crippen LogP contribution is -2.25. The van der Waals surface area contributed by atoms with Crippen LogP contribution in [0.3, 0.4) is 0 Å². The first-order chi connectivity index (χ1) is 11.2. The minimum atomic E-state index is -0.0478. The summed E-state index contributed by atoms with van der Waals surface area (Å²) in [5.41, 5.74) is 5.26. The Kier molecular flexibility index (Phi) is 3.50. The molecule has 0 bridgehead atoms. The van der Waals surface area contributed by atoms with Gasteiger partial charge in [-0.3, -0.25) is 14.8 Å². The van der Waals surface area contributed by atoms with Gasteiger partial charge in [-0.1, -0.05) is 24.3 Å². The highest BCUT2D eigenvalue weighted by Gasteiger charge is 2.15. The van der Waals surface area contributed by atoms with Crippen molar-refractivity contribution in [3.05, 3.63) is 69.3 Å². The summed E-state index contributed by atoms with van der Waals surface area (Å²) in [5, 5.41) is 3.01. The number of hydrogen-bond acceptors (Lipinski definition) is 3. The minimum absolute atomic E-state index is 0.0478. The smallest absolute Gasteiger partial charge is 0.272 e. The van der Waals surface area contributed by atoms with Crippen molar-refractivity contribution in [1.82, 2.24) is 19.5 Å². The van der Waals surface area contributed by atoms with Crippen LogP contribution in [0.5, 0.6) is 0 Å². The zero-order valence-electron chi connectivity index (χ0n) is 13.2. The number of rotatable bonds is 2. The van der Waals surface area contributed by atoms with Crippen molar-refractivity contribution in [3.8, 4) is 0 Å². The summed E-state index contributed by atoms with van der Waals surface area (Å²) in [6, 6.07) is 12.2. The molecule has 1 aromatic carbocycles. The van der Waals surface area contributed by atoms with Crippen LogP contribution in [0, 0.1) is 6.92 Å². The summed E-state index contributed by atoms with van der Waals surface area (Å²) < 4.78 is 1.50. The molecule has 0 atom stereocenters. The van der Waals surface area contributed by atoms with Gasteiger partial charge in [0.05, 0.1) is 5.69 Å². The van der Waals surface area contributed by atoms with Crippen molar-refractivity contribution < 1.29 is 0 Å². The average molecular weight is 308 g/mol. The first kappa shape index (κ1) is 14.2. The number of aromatic nitrogens is 3. The second-order valence-electron chi connectivity index (χ2n) is 6.30. The molecule has 118 valence electrons. The fourth-order valence-corrected chi connectivity index (χ4v) is 3.37. The maximum atomic E-state index is 12.2. The van der Waals surface area contributed by atoms with E-state index in [1.54, 1.807) is 6.07 Å². The molecule has 0 amide bonds. The van der Waals surface area contributed by atoms with Crippen molar-refractivity contribution in [1.29, 1.82) is 0 Å². The Bertz CT molecular complexity index is 909. The quantitative estimate of drug-likeness (QED) is 0.790. The van der Waals surface area contributed by atoms with Gasteiger partial charge in [-0.05, 0) is 37.4 Å². The topological polar surface area (TPSA) is 53.4 Å². The van der Waals surface area contributed by atoms with Gasteiger partial charge in [0.15, 0.2) is 5.65 Å². The maximum Gasteiger partial charge on any atom is 0.272 e. The fraction of sp³-hybridized carbons (Fsp3) is 0.333. The van der Waals surface area contributed by atoms with Crippen molar-refractivity contribution in [2.75, 3.05) is 6.54 Å². The van der Waals surface area contributed by atoms with Crippen LogP contribution >= 0.6 is 0 Å². The highest BCUT2D eigenvalue weighted by molar-refractivity contribution is 5.39. The first-order valence-corrected chi connectivity index (χ1v) is 8.06. The average Bonchev–Trinajstić information content (AvgIpc) is 2.78. The van der Waals surface area contributed by atoms with Crippen LogP contribution < -0.4 is 5.56 Å². The number of H-pyrrole nitrogens is 1. The van der Waals surface area contributed by atoms with Crippen LogP contribution in [0.15, 0.2) is 41.2 Å². The molecule has 5 nitrogen and oxygen atoms in total. The number of aromatic amines is 1. The normalized spacial score (nSPS) is 15.5. The maximum absolute atomic E-state index is 12.2. The van der Waals surface area contributed by atoms with Crippen LogP contribution in [-0.2, 0) is 19.5 Å². The van der Waals surface area contributed by atoms with Crippen LogP contribution in [0.2, 0.25) is 0 Å². The summed E-state index contributed by atoms with van der Waals surface area (Å²) >= 11 is 0. The third-order valence-electron chi connectivity index (χ3n) is 4.45. The molecule has 1 aliphatic rings. The predicted octanol–water partition coefficient (Wildman–Crippen LogP) is 2.28. The molecule has 0 fully saturated rings. The van der Waals surface area contributed by atoms with Gasteiger partial charge in [-0.25, -0.2) is 9.50 Å². The minimum Gasteiger partial charge on any atom is -0.294 e. The van der Waals surface area contributed by atoms with Gasteiger partial charge in [0.1, 0.15) is 0 Å². The lowest BCUT2D eigenvalue weighted by molar-refractivity contribution is 0.258. The Labute approximate surface area is 134 Å². The van der Waals surface area contributed by atoms with E-state index in [4.69, 9.17) is 0 Å². The molecule has 0 aliphatic carbocycles. The Morgan fingerprint density at radius 2 is 2.04 bits per heavy atom. The molecule has 1 N–H and O–H groups in total. The zero-order valence-corrected chi connectivity index (χ0v) is 13.2. The Morgan fingerprint density at radius 1 is 1.22 bits per heavy atom. The summed E-state index contributed by atoms with van der Waals surface area (Å²) in [7, 11) is 0. The monoisotopic (exact) mass is 308 g/mol. The highest BCUT2D eigenvalue weighted by atomic mass is 16.1. The number of benzene rings is 1. The van der Waals surface area contributed by atoms with E-state index in [0.717, 1.165) is 37.3 Å².